The molecule has 2 bridgehead atoms. The normalized spacial score (nSPS) is 27.7. The predicted octanol–water partition coefficient (Wildman–Crippen LogP) is 6.03. The number of hydrogen-bond acceptors (Lipinski definition) is 7. The highest BCUT2D eigenvalue weighted by Gasteiger charge is 2.69. The Morgan fingerprint density at radius 1 is 1.00 bits per heavy atom. The Kier molecular flexibility index (Phi) is 6.99. The number of thiazole rings is 1. The first kappa shape index (κ1) is 28.7. The molecule has 3 amide bonds. The lowest BCUT2D eigenvalue weighted by molar-refractivity contribution is -0.123. The Labute approximate surface area is 273 Å². The second-order valence-electron chi connectivity index (χ2n) is 11.8. The Morgan fingerprint density at radius 2 is 1.73 bits per heavy atom. The molecule has 2 N–H and O–H groups in total. The largest absolute Gasteiger partial charge is 0.483 e. The number of imide groups is 1. The van der Waals surface area contributed by atoms with Crippen molar-refractivity contribution in [3.8, 4) is 5.75 Å². The molecule has 45 heavy (non-hydrogen) atoms. The molecule has 6 unspecified atom stereocenters. The average molecular weight is 707 g/mol. The van der Waals surface area contributed by atoms with Crippen LogP contribution in [0.15, 0.2) is 87.1 Å². The van der Waals surface area contributed by atoms with Crippen LogP contribution in [0.4, 0.5) is 15.8 Å². The zero-order valence-corrected chi connectivity index (χ0v) is 26.7. The fourth-order valence-electron chi connectivity index (χ4n) is 7.97. The number of nitrogens with one attached hydrogen (secondary N) is 2. The molecular weight excluding hydrogens is 681 g/mol. The fraction of sp³-hybridized carbons (Fsp3) is 0.273. The van der Waals surface area contributed by atoms with Crippen LogP contribution in [0.2, 0.25) is 0 Å². The van der Waals surface area contributed by atoms with Crippen molar-refractivity contribution >= 4 is 68.1 Å². The second-order valence-corrected chi connectivity index (χ2v) is 15.0. The molecule has 4 aliphatic rings. The number of carbonyl (C=O) groups is 3. The van der Waals surface area contributed by atoms with Crippen molar-refractivity contribution in [3.05, 3.63) is 103 Å². The number of aromatic nitrogens is 1. The third-order valence-electron chi connectivity index (χ3n) is 9.53. The number of fused-ring (bicyclic) bond motifs is 9. The number of para-hydroxylation sites is 1. The van der Waals surface area contributed by atoms with E-state index in [2.05, 4.69) is 26.2 Å². The number of ether oxygens (including phenoxy) is 1. The van der Waals surface area contributed by atoms with Crippen LogP contribution < -0.4 is 19.8 Å². The first-order chi connectivity index (χ1) is 21.8. The summed E-state index contributed by atoms with van der Waals surface area (Å²) in [5.74, 6) is -2.19. The van der Waals surface area contributed by atoms with Gasteiger partial charge in [-0.25, -0.2) is 4.39 Å². The van der Waals surface area contributed by atoms with Gasteiger partial charge in [0.25, 0.3) is 5.91 Å². The summed E-state index contributed by atoms with van der Waals surface area (Å²) in [7, 11) is 0. The van der Waals surface area contributed by atoms with Crippen LogP contribution in [0.1, 0.15) is 22.8 Å². The number of benzene rings is 3. The van der Waals surface area contributed by atoms with E-state index in [4.69, 9.17) is 4.74 Å². The zero-order chi connectivity index (χ0) is 31.0. The van der Waals surface area contributed by atoms with Gasteiger partial charge in [0.1, 0.15) is 11.6 Å². The van der Waals surface area contributed by atoms with Gasteiger partial charge in [0.05, 0.1) is 22.5 Å². The molecular formula is C33H25BrFN3O5S2. The molecule has 0 spiro atoms. The lowest BCUT2D eigenvalue weighted by atomic mass is 9.68. The first-order valence-electron chi connectivity index (χ1n) is 14.6. The van der Waals surface area contributed by atoms with Crippen molar-refractivity contribution in [2.24, 2.45) is 29.6 Å². The fourth-order valence-corrected chi connectivity index (χ4v) is 11.2. The zero-order valence-electron chi connectivity index (χ0n) is 23.4. The van der Waals surface area contributed by atoms with Crippen LogP contribution in [0.3, 0.4) is 0 Å². The maximum absolute atomic E-state index is 14.0. The summed E-state index contributed by atoms with van der Waals surface area (Å²) in [6.07, 6.45) is 0.728. The molecule has 2 aliphatic carbocycles. The van der Waals surface area contributed by atoms with E-state index in [1.54, 1.807) is 23.9 Å². The number of anilines is 2. The molecule has 3 heterocycles. The van der Waals surface area contributed by atoms with E-state index in [9.17, 15) is 23.6 Å². The van der Waals surface area contributed by atoms with E-state index < -0.39 is 17.7 Å². The van der Waals surface area contributed by atoms with Crippen molar-refractivity contribution in [3.63, 3.8) is 0 Å². The summed E-state index contributed by atoms with van der Waals surface area (Å²) in [6.45, 7) is -0.217. The van der Waals surface area contributed by atoms with Crippen molar-refractivity contribution in [2.45, 2.75) is 22.6 Å². The van der Waals surface area contributed by atoms with E-state index in [1.807, 2.05) is 36.4 Å². The topological polar surface area (TPSA) is 109 Å². The van der Waals surface area contributed by atoms with Crippen molar-refractivity contribution in [1.29, 1.82) is 0 Å². The highest BCUT2D eigenvalue weighted by atomic mass is 79.9. The molecule has 3 fully saturated rings. The maximum Gasteiger partial charge on any atom is 0.305 e. The SMILES string of the molecule is O=C(COc1ccc(Br)cc1[C@H]1c2sc(=O)[nH]c2SC2C3CC(C4C(=O)N(c5ccc(F)cc5)C(=O)C34)C21)Nc1ccccc1. The van der Waals surface area contributed by atoms with Gasteiger partial charge >= 0.3 is 4.87 Å². The third kappa shape index (κ3) is 4.68. The highest BCUT2D eigenvalue weighted by Crippen LogP contribution is 2.69. The summed E-state index contributed by atoms with van der Waals surface area (Å²) >= 11 is 6.36. The summed E-state index contributed by atoms with van der Waals surface area (Å²) in [6, 6.07) is 20.2. The molecule has 4 aromatic rings. The number of hydrogen-bond donors (Lipinski definition) is 2. The average Bonchev–Trinajstić information content (AvgIpc) is 3.76. The molecule has 1 saturated heterocycles. The van der Waals surface area contributed by atoms with Gasteiger partial charge in [0, 0.05) is 31.8 Å². The van der Waals surface area contributed by atoms with Gasteiger partial charge in [-0.1, -0.05) is 45.5 Å². The van der Waals surface area contributed by atoms with Crippen LogP contribution in [-0.2, 0) is 14.4 Å². The monoisotopic (exact) mass is 705 g/mol. The van der Waals surface area contributed by atoms with Crippen molar-refractivity contribution < 1.29 is 23.5 Å². The lowest BCUT2D eigenvalue weighted by Crippen LogP contribution is -2.42. The van der Waals surface area contributed by atoms with Gasteiger partial charge in [-0.3, -0.25) is 24.1 Å². The van der Waals surface area contributed by atoms with E-state index in [0.29, 0.717) is 17.1 Å². The van der Waals surface area contributed by atoms with E-state index in [0.717, 1.165) is 37.7 Å². The minimum Gasteiger partial charge on any atom is -0.483 e. The Morgan fingerprint density at radius 3 is 2.49 bits per heavy atom. The van der Waals surface area contributed by atoms with Crippen LogP contribution in [0.25, 0.3) is 0 Å². The van der Waals surface area contributed by atoms with Crippen LogP contribution in [0.5, 0.6) is 5.75 Å². The van der Waals surface area contributed by atoms with Crippen LogP contribution >= 0.6 is 39.0 Å². The van der Waals surface area contributed by atoms with Gasteiger partial charge in [-0.15, -0.1) is 11.8 Å². The second kappa shape index (κ2) is 11.0. The molecule has 0 radical (unpaired) electrons. The smallest absolute Gasteiger partial charge is 0.305 e. The molecule has 1 aromatic heterocycles. The molecule has 2 aliphatic heterocycles. The van der Waals surface area contributed by atoms with Gasteiger partial charge in [-0.2, -0.15) is 0 Å². The minimum absolute atomic E-state index is 0.0165. The summed E-state index contributed by atoms with van der Waals surface area (Å²) in [5, 5.41) is 3.60. The summed E-state index contributed by atoms with van der Waals surface area (Å²) < 4.78 is 20.6. The predicted molar refractivity (Wildman–Crippen MR) is 172 cm³/mol. The number of halogens is 2. The number of amides is 3. The Hall–Kier alpha value is -3.74. The number of carbonyl (C=O) groups excluding carboxylic acids is 3. The Balaban J connectivity index is 1.15. The molecule has 8 nitrogen and oxygen atoms in total. The number of H-pyrrole nitrogens is 1. The quantitative estimate of drug-likeness (QED) is 0.237. The Bertz CT molecular complexity index is 1920. The van der Waals surface area contributed by atoms with Gasteiger partial charge < -0.3 is 15.0 Å². The van der Waals surface area contributed by atoms with Gasteiger partial charge in [0.2, 0.25) is 11.8 Å². The van der Waals surface area contributed by atoms with E-state index in [-0.39, 0.29) is 58.1 Å². The standard InChI is InChI=1S/C33H25BrFN3O5S2/c34-15-6-11-22(43-14-23(39)36-17-4-2-1-3-5-17)19(12-15)24-25-20-13-21(28(25)44-30-29(24)45-33(42)37-30)27-26(20)31(40)38(32(27)41)18-9-7-16(35)8-10-18/h1-12,20-21,24-28H,13-14H2,(H,36,39)(H,37,42)/t20?,21?,24-,25?,26?,27?,28?/m1/s1. The molecule has 7 atom stereocenters. The number of rotatable bonds is 6. The third-order valence-corrected chi connectivity index (χ3v) is 12.6. The first-order valence-corrected chi connectivity index (χ1v) is 17.1. The molecule has 8 rings (SSSR count). The van der Waals surface area contributed by atoms with Gasteiger partial charge in [0.15, 0.2) is 6.61 Å². The molecule has 228 valence electrons. The number of aromatic amines is 1. The summed E-state index contributed by atoms with van der Waals surface area (Å²) in [4.78, 5) is 58.2. The summed E-state index contributed by atoms with van der Waals surface area (Å²) in [5.41, 5.74) is 1.87. The van der Waals surface area contributed by atoms with Crippen LogP contribution in [0, 0.1) is 35.4 Å². The highest BCUT2D eigenvalue weighted by molar-refractivity contribution is 9.10. The van der Waals surface area contributed by atoms with E-state index >= 15 is 0 Å². The van der Waals surface area contributed by atoms with Gasteiger partial charge in [-0.05, 0) is 78.8 Å². The maximum atomic E-state index is 14.0. The minimum atomic E-state index is -0.498. The van der Waals surface area contributed by atoms with Crippen LogP contribution in [-0.4, -0.2) is 34.6 Å². The molecule has 3 aromatic carbocycles. The lowest BCUT2D eigenvalue weighted by Gasteiger charge is -2.43. The number of nitrogens with zero attached hydrogens (tertiary/aromatic N) is 1. The molecule has 12 heteroatoms. The molecule has 2 saturated carbocycles. The van der Waals surface area contributed by atoms with Crippen molar-refractivity contribution in [2.75, 3.05) is 16.8 Å². The number of thioether (sulfide) groups is 1. The van der Waals surface area contributed by atoms with E-state index in [1.165, 1.54) is 29.2 Å². The van der Waals surface area contributed by atoms with Crippen molar-refractivity contribution in [1.82, 2.24) is 4.98 Å².